The van der Waals surface area contributed by atoms with Crippen LogP contribution in [0.1, 0.15) is 31.6 Å². The molecular weight excluding hydrogens is 335 g/mol. The number of oxazole rings is 1. The minimum atomic E-state index is -0.314. The summed E-state index contributed by atoms with van der Waals surface area (Å²) in [5.41, 5.74) is 1.18. The normalized spacial score (nSPS) is 24.2. The van der Waals surface area contributed by atoms with E-state index < -0.39 is 0 Å². The largest absolute Gasteiger partial charge is 0.439 e. The predicted molar refractivity (Wildman–Crippen MR) is 96.0 cm³/mol. The summed E-state index contributed by atoms with van der Waals surface area (Å²) in [6, 6.07) is 4.39. The Bertz CT molecular complexity index is 772. The van der Waals surface area contributed by atoms with Crippen LogP contribution in [0, 0.1) is 11.7 Å². The summed E-state index contributed by atoms with van der Waals surface area (Å²) >= 11 is 0. The van der Waals surface area contributed by atoms with E-state index in [2.05, 4.69) is 20.5 Å². The first-order chi connectivity index (χ1) is 12.7. The third-order valence-electron chi connectivity index (χ3n) is 5.30. The number of nitrogens with one attached hydrogen (secondary N) is 2. The van der Waals surface area contributed by atoms with E-state index in [9.17, 15) is 9.18 Å². The fourth-order valence-electron chi connectivity index (χ4n) is 3.94. The molecule has 0 saturated carbocycles. The summed E-state index contributed by atoms with van der Waals surface area (Å²) in [6.45, 7) is 4.16. The lowest BCUT2D eigenvalue weighted by atomic mass is 9.98. The van der Waals surface area contributed by atoms with Gasteiger partial charge in [0, 0.05) is 19.2 Å². The summed E-state index contributed by atoms with van der Waals surface area (Å²) in [5.74, 6) is 0.868. The van der Waals surface area contributed by atoms with Crippen molar-refractivity contribution in [3.05, 3.63) is 29.9 Å². The second-order valence-electron chi connectivity index (χ2n) is 7.36. The maximum absolute atomic E-state index is 13.3. The Balaban J connectivity index is 1.30. The Morgan fingerprint density at radius 3 is 3.15 bits per heavy atom. The lowest BCUT2D eigenvalue weighted by molar-refractivity contribution is -0.123. The first kappa shape index (κ1) is 17.4. The first-order valence-corrected chi connectivity index (χ1v) is 9.46. The molecule has 2 fully saturated rings. The van der Waals surface area contributed by atoms with Crippen molar-refractivity contribution in [3.8, 4) is 0 Å². The van der Waals surface area contributed by atoms with Gasteiger partial charge in [-0.15, -0.1) is 0 Å². The standard InChI is InChI=1S/C19H25FN4O2/c20-14-5-6-15-17(9-14)26-18(23-15)12-24-8-2-3-13(11-24)10-22-19(25)16-4-1-7-21-16/h5-6,9,13,16,21H,1-4,7-8,10-12H2,(H,22,25). The highest BCUT2D eigenvalue weighted by Crippen LogP contribution is 2.21. The number of benzene rings is 1. The van der Waals surface area contributed by atoms with Gasteiger partial charge in [-0.05, 0) is 56.8 Å². The number of carbonyl (C=O) groups excluding carboxylic acids is 1. The van der Waals surface area contributed by atoms with Crippen molar-refractivity contribution < 1.29 is 13.6 Å². The van der Waals surface area contributed by atoms with Gasteiger partial charge in [0.15, 0.2) is 5.58 Å². The highest BCUT2D eigenvalue weighted by atomic mass is 19.1. The lowest BCUT2D eigenvalue weighted by Crippen LogP contribution is -2.45. The van der Waals surface area contributed by atoms with Crippen molar-refractivity contribution in [2.24, 2.45) is 5.92 Å². The van der Waals surface area contributed by atoms with Crippen molar-refractivity contribution in [1.29, 1.82) is 0 Å². The van der Waals surface area contributed by atoms with Crippen molar-refractivity contribution in [1.82, 2.24) is 20.5 Å². The fourth-order valence-corrected chi connectivity index (χ4v) is 3.94. The van der Waals surface area contributed by atoms with Crippen molar-refractivity contribution in [2.45, 2.75) is 38.3 Å². The number of hydrogen-bond acceptors (Lipinski definition) is 5. The Labute approximate surface area is 152 Å². The third-order valence-corrected chi connectivity index (χ3v) is 5.30. The summed E-state index contributed by atoms with van der Waals surface area (Å²) < 4.78 is 19.0. The summed E-state index contributed by atoms with van der Waals surface area (Å²) in [6.07, 6.45) is 4.22. The van der Waals surface area contributed by atoms with Crippen LogP contribution in [-0.4, -0.2) is 48.0 Å². The minimum absolute atomic E-state index is 0.0187. The van der Waals surface area contributed by atoms with E-state index in [1.165, 1.54) is 12.1 Å². The van der Waals surface area contributed by atoms with Crippen molar-refractivity contribution in [3.63, 3.8) is 0 Å². The van der Waals surface area contributed by atoms with Crippen LogP contribution in [-0.2, 0) is 11.3 Å². The maximum atomic E-state index is 13.3. The van der Waals surface area contributed by atoms with E-state index in [1.54, 1.807) is 6.07 Å². The smallest absolute Gasteiger partial charge is 0.237 e. The topological polar surface area (TPSA) is 70.4 Å². The van der Waals surface area contributed by atoms with Gasteiger partial charge in [-0.25, -0.2) is 9.37 Å². The van der Waals surface area contributed by atoms with Gasteiger partial charge in [0.2, 0.25) is 11.8 Å². The molecule has 7 heteroatoms. The SMILES string of the molecule is O=C(NCC1CCCN(Cc2nc3ccc(F)cc3o2)C1)C1CCCN1. The minimum Gasteiger partial charge on any atom is -0.439 e. The maximum Gasteiger partial charge on any atom is 0.237 e. The van der Waals surface area contributed by atoms with Crippen LogP contribution in [0.25, 0.3) is 11.1 Å². The summed E-state index contributed by atoms with van der Waals surface area (Å²) in [7, 11) is 0. The van der Waals surface area contributed by atoms with E-state index in [4.69, 9.17) is 4.42 Å². The zero-order valence-electron chi connectivity index (χ0n) is 14.8. The molecule has 2 saturated heterocycles. The Hall–Kier alpha value is -1.99. The molecule has 4 rings (SSSR count). The zero-order chi connectivity index (χ0) is 17.9. The molecule has 2 aromatic rings. The number of hydrogen-bond donors (Lipinski definition) is 2. The Kier molecular flexibility index (Phi) is 5.17. The van der Waals surface area contributed by atoms with E-state index >= 15 is 0 Å². The third kappa shape index (κ3) is 4.04. The van der Waals surface area contributed by atoms with Gasteiger partial charge in [0.1, 0.15) is 11.3 Å². The molecule has 1 aromatic carbocycles. The quantitative estimate of drug-likeness (QED) is 0.854. The summed E-state index contributed by atoms with van der Waals surface area (Å²) in [5, 5.41) is 6.33. The molecule has 140 valence electrons. The van der Waals surface area contributed by atoms with Gasteiger partial charge < -0.3 is 15.1 Å². The van der Waals surface area contributed by atoms with Crippen LogP contribution in [0.2, 0.25) is 0 Å². The van der Waals surface area contributed by atoms with Crippen LogP contribution < -0.4 is 10.6 Å². The van der Waals surface area contributed by atoms with Gasteiger partial charge in [-0.2, -0.15) is 0 Å². The number of piperidine rings is 1. The van der Waals surface area contributed by atoms with E-state index in [1.807, 2.05) is 0 Å². The molecule has 3 heterocycles. The number of carbonyl (C=O) groups is 1. The van der Waals surface area contributed by atoms with Gasteiger partial charge in [0.25, 0.3) is 0 Å². The Morgan fingerprint density at radius 1 is 1.38 bits per heavy atom. The summed E-state index contributed by atoms with van der Waals surface area (Å²) in [4.78, 5) is 18.9. The lowest BCUT2D eigenvalue weighted by Gasteiger charge is -2.32. The molecule has 2 aliphatic heterocycles. The monoisotopic (exact) mass is 360 g/mol. The van der Waals surface area contributed by atoms with E-state index in [0.29, 0.717) is 36.0 Å². The molecular formula is C19H25FN4O2. The van der Waals surface area contributed by atoms with Crippen LogP contribution in [0.5, 0.6) is 0 Å². The fraction of sp³-hybridized carbons (Fsp3) is 0.579. The molecule has 2 N–H and O–H groups in total. The molecule has 0 radical (unpaired) electrons. The molecule has 2 unspecified atom stereocenters. The first-order valence-electron chi connectivity index (χ1n) is 9.46. The van der Waals surface area contributed by atoms with E-state index in [-0.39, 0.29) is 17.8 Å². The van der Waals surface area contributed by atoms with Gasteiger partial charge in [-0.3, -0.25) is 9.69 Å². The molecule has 6 nitrogen and oxygen atoms in total. The van der Waals surface area contributed by atoms with Crippen molar-refractivity contribution in [2.75, 3.05) is 26.2 Å². The number of likely N-dealkylation sites (tertiary alicyclic amines) is 1. The van der Waals surface area contributed by atoms with Crippen LogP contribution in [0.3, 0.4) is 0 Å². The van der Waals surface area contributed by atoms with Crippen LogP contribution in [0.15, 0.2) is 22.6 Å². The number of nitrogens with zero attached hydrogens (tertiary/aromatic N) is 2. The van der Waals surface area contributed by atoms with Crippen LogP contribution >= 0.6 is 0 Å². The second-order valence-corrected chi connectivity index (χ2v) is 7.36. The molecule has 26 heavy (non-hydrogen) atoms. The highest BCUT2D eigenvalue weighted by Gasteiger charge is 2.25. The average Bonchev–Trinajstić information content (AvgIpc) is 3.29. The van der Waals surface area contributed by atoms with E-state index in [0.717, 1.165) is 45.3 Å². The zero-order valence-corrected chi connectivity index (χ0v) is 14.8. The average molecular weight is 360 g/mol. The number of halogens is 1. The predicted octanol–water partition coefficient (Wildman–Crippen LogP) is 2.05. The number of amides is 1. The molecule has 0 bridgehead atoms. The number of fused-ring (bicyclic) bond motifs is 1. The second kappa shape index (κ2) is 7.72. The molecule has 0 spiro atoms. The van der Waals surface area contributed by atoms with Gasteiger partial charge >= 0.3 is 0 Å². The van der Waals surface area contributed by atoms with Crippen LogP contribution in [0.4, 0.5) is 4.39 Å². The Morgan fingerprint density at radius 2 is 2.31 bits per heavy atom. The highest BCUT2D eigenvalue weighted by molar-refractivity contribution is 5.82. The van der Waals surface area contributed by atoms with Gasteiger partial charge in [-0.1, -0.05) is 0 Å². The molecule has 1 aromatic heterocycles. The molecule has 1 amide bonds. The molecule has 2 atom stereocenters. The molecule has 0 aliphatic carbocycles. The van der Waals surface area contributed by atoms with Crippen molar-refractivity contribution >= 4 is 17.0 Å². The van der Waals surface area contributed by atoms with Gasteiger partial charge in [0.05, 0.1) is 12.6 Å². The number of aromatic nitrogens is 1. The number of rotatable bonds is 5. The molecule has 2 aliphatic rings.